The van der Waals surface area contributed by atoms with E-state index in [0.29, 0.717) is 11.7 Å². The Labute approximate surface area is 88.9 Å². The monoisotopic (exact) mass is 205 g/mol. The van der Waals surface area contributed by atoms with Gasteiger partial charge in [-0.1, -0.05) is 0 Å². The molecule has 0 radical (unpaired) electrons. The molecule has 4 heteroatoms. The summed E-state index contributed by atoms with van der Waals surface area (Å²) >= 11 is 0. The van der Waals surface area contributed by atoms with Crippen LogP contribution in [-0.4, -0.2) is 16.9 Å². The molecule has 2 rings (SSSR count). The number of nitrogens with zero attached hydrogens (tertiary/aromatic N) is 1. The number of primary amides is 1. The molecule has 0 aliphatic heterocycles. The van der Waals surface area contributed by atoms with Crippen LogP contribution >= 0.6 is 0 Å². The van der Waals surface area contributed by atoms with Crippen LogP contribution in [0.15, 0.2) is 18.3 Å². The van der Waals surface area contributed by atoms with Gasteiger partial charge in [-0.05, 0) is 37.8 Å². The molecular formula is C11H15N3O. The maximum absolute atomic E-state index is 10.9. The number of amides is 1. The molecule has 1 saturated carbocycles. The van der Waals surface area contributed by atoms with E-state index in [-0.39, 0.29) is 0 Å². The van der Waals surface area contributed by atoms with Crippen molar-refractivity contribution in [3.63, 3.8) is 0 Å². The predicted octanol–water partition coefficient (Wildman–Crippen LogP) is 1.39. The van der Waals surface area contributed by atoms with Crippen molar-refractivity contribution in [3.8, 4) is 0 Å². The molecule has 0 bridgehead atoms. The molecule has 1 unspecified atom stereocenters. The minimum absolute atomic E-state index is 0.308. The molecule has 0 saturated heterocycles. The lowest BCUT2D eigenvalue weighted by molar-refractivity contribution is 0.0995. The summed E-state index contributed by atoms with van der Waals surface area (Å²) in [6, 6.07) is 4.00. The number of carbonyl (C=O) groups is 1. The lowest BCUT2D eigenvalue weighted by atomic mass is 10.2. The molecule has 0 aromatic carbocycles. The number of carbonyl (C=O) groups excluding carboxylic acids is 1. The van der Waals surface area contributed by atoms with Gasteiger partial charge < -0.3 is 11.1 Å². The second-order valence-corrected chi connectivity index (χ2v) is 4.06. The van der Waals surface area contributed by atoms with Gasteiger partial charge in [0.2, 0.25) is 0 Å². The van der Waals surface area contributed by atoms with Gasteiger partial charge in [-0.15, -0.1) is 0 Å². The topological polar surface area (TPSA) is 68.0 Å². The third kappa shape index (κ3) is 2.46. The zero-order valence-corrected chi connectivity index (χ0v) is 8.73. The van der Waals surface area contributed by atoms with Gasteiger partial charge >= 0.3 is 0 Å². The summed E-state index contributed by atoms with van der Waals surface area (Å²) in [5.41, 5.74) is 6.38. The molecular weight excluding hydrogens is 190 g/mol. The third-order valence-corrected chi connectivity index (χ3v) is 2.74. The molecule has 0 spiro atoms. The molecule has 4 nitrogen and oxygen atoms in total. The first kappa shape index (κ1) is 9.96. The second-order valence-electron chi connectivity index (χ2n) is 4.06. The van der Waals surface area contributed by atoms with Gasteiger partial charge in [0.15, 0.2) is 0 Å². The van der Waals surface area contributed by atoms with Gasteiger partial charge in [0.25, 0.3) is 5.91 Å². The molecule has 1 amide bonds. The quantitative estimate of drug-likeness (QED) is 0.780. The van der Waals surface area contributed by atoms with Gasteiger partial charge in [0.05, 0.1) is 0 Å². The van der Waals surface area contributed by atoms with Gasteiger partial charge in [-0.3, -0.25) is 9.78 Å². The Morgan fingerprint density at radius 3 is 3.00 bits per heavy atom. The highest BCUT2D eigenvalue weighted by atomic mass is 16.1. The largest absolute Gasteiger partial charge is 0.382 e. The van der Waals surface area contributed by atoms with Gasteiger partial charge in [0, 0.05) is 17.9 Å². The molecule has 1 fully saturated rings. The minimum atomic E-state index is -0.488. The highest BCUT2D eigenvalue weighted by molar-refractivity contribution is 5.91. The van der Waals surface area contributed by atoms with Crippen LogP contribution in [0.4, 0.5) is 5.69 Å². The average molecular weight is 205 g/mol. The summed E-state index contributed by atoms with van der Waals surface area (Å²) in [5, 5.41) is 3.35. The molecule has 3 N–H and O–H groups in total. The molecule has 1 aliphatic rings. The lowest BCUT2D eigenvalue weighted by Crippen LogP contribution is -2.18. The van der Waals surface area contributed by atoms with Crippen molar-refractivity contribution in [2.24, 2.45) is 11.7 Å². The Balaban J connectivity index is 2.07. The van der Waals surface area contributed by atoms with Crippen LogP contribution < -0.4 is 11.1 Å². The highest BCUT2D eigenvalue weighted by Gasteiger charge is 2.27. The first-order valence-electron chi connectivity index (χ1n) is 5.19. The Morgan fingerprint density at radius 1 is 1.67 bits per heavy atom. The number of hydrogen-bond donors (Lipinski definition) is 2. The van der Waals surface area contributed by atoms with E-state index in [9.17, 15) is 4.79 Å². The van der Waals surface area contributed by atoms with E-state index >= 15 is 0 Å². The summed E-state index contributed by atoms with van der Waals surface area (Å²) < 4.78 is 0. The van der Waals surface area contributed by atoms with Crippen LogP contribution in [-0.2, 0) is 0 Å². The summed E-state index contributed by atoms with van der Waals surface area (Å²) in [6.07, 6.45) is 4.19. The van der Waals surface area contributed by atoms with Crippen LogP contribution in [0.25, 0.3) is 0 Å². The smallest absolute Gasteiger partial charge is 0.267 e. The van der Waals surface area contributed by atoms with Crippen molar-refractivity contribution in [1.82, 2.24) is 4.98 Å². The summed E-state index contributed by atoms with van der Waals surface area (Å²) in [5.74, 6) is 0.285. The van der Waals surface area contributed by atoms with Crippen molar-refractivity contribution in [3.05, 3.63) is 24.0 Å². The molecule has 1 atom stereocenters. The Morgan fingerprint density at radius 2 is 2.40 bits per heavy atom. The fourth-order valence-corrected chi connectivity index (χ4v) is 1.63. The standard InChI is InChI=1S/C11H15N3O/c1-7(8-2-3-8)14-9-4-5-13-10(6-9)11(12)15/h4-8H,2-3H2,1H3,(H2,12,15)(H,13,14). The van der Waals surface area contributed by atoms with E-state index in [1.165, 1.54) is 12.8 Å². The van der Waals surface area contributed by atoms with Crippen molar-refractivity contribution in [1.29, 1.82) is 0 Å². The predicted molar refractivity (Wildman–Crippen MR) is 58.6 cm³/mol. The minimum Gasteiger partial charge on any atom is -0.382 e. The van der Waals surface area contributed by atoms with E-state index in [4.69, 9.17) is 5.73 Å². The summed E-state index contributed by atoms with van der Waals surface area (Å²) in [4.78, 5) is 14.8. The van der Waals surface area contributed by atoms with E-state index < -0.39 is 5.91 Å². The molecule has 1 aromatic heterocycles. The van der Waals surface area contributed by atoms with Crippen molar-refractivity contribution < 1.29 is 4.79 Å². The lowest BCUT2D eigenvalue weighted by Gasteiger charge is -2.14. The number of anilines is 1. The molecule has 1 aromatic rings. The Kier molecular flexibility index (Phi) is 2.58. The van der Waals surface area contributed by atoms with E-state index in [2.05, 4.69) is 17.2 Å². The van der Waals surface area contributed by atoms with Crippen LogP contribution in [0.3, 0.4) is 0 Å². The van der Waals surface area contributed by atoms with Gasteiger partial charge in [-0.25, -0.2) is 0 Å². The first-order chi connectivity index (χ1) is 7.16. The normalized spacial score (nSPS) is 17.1. The fraction of sp³-hybridized carbons (Fsp3) is 0.455. The van der Waals surface area contributed by atoms with Crippen LogP contribution in [0, 0.1) is 5.92 Å². The highest BCUT2D eigenvalue weighted by Crippen LogP contribution is 2.33. The van der Waals surface area contributed by atoms with Gasteiger partial charge in [0.1, 0.15) is 5.69 Å². The molecule has 1 aliphatic carbocycles. The van der Waals surface area contributed by atoms with Crippen molar-refractivity contribution in [2.45, 2.75) is 25.8 Å². The van der Waals surface area contributed by atoms with E-state index in [1.807, 2.05) is 6.07 Å². The Hall–Kier alpha value is -1.58. The molecule has 1 heterocycles. The van der Waals surface area contributed by atoms with E-state index in [1.54, 1.807) is 12.3 Å². The average Bonchev–Trinajstić information content (AvgIpc) is 3.01. The number of aromatic nitrogens is 1. The number of nitrogens with one attached hydrogen (secondary N) is 1. The maximum Gasteiger partial charge on any atom is 0.267 e. The second kappa shape index (κ2) is 3.88. The number of nitrogens with two attached hydrogens (primary N) is 1. The zero-order valence-electron chi connectivity index (χ0n) is 8.73. The fourth-order valence-electron chi connectivity index (χ4n) is 1.63. The zero-order chi connectivity index (χ0) is 10.8. The molecule has 15 heavy (non-hydrogen) atoms. The summed E-state index contributed by atoms with van der Waals surface area (Å²) in [6.45, 7) is 2.15. The number of hydrogen-bond acceptors (Lipinski definition) is 3. The SMILES string of the molecule is CC(Nc1ccnc(C(N)=O)c1)C1CC1. The number of pyridine rings is 1. The van der Waals surface area contributed by atoms with Crippen LogP contribution in [0.2, 0.25) is 0 Å². The van der Waals surface area contributed by atoms with Crippen LogP contribution in [0.1, 0.15) is 30.3 Å². The Bertz CT molecular complexity index is 374. The molecule has 80 valence electrons. The summed E-state index contributed by atoms with van der Waals surface area (Å²) in [7, 11) is 0. The van der Waals surface area contributed by atoms with Crippen molar-refractivity contribution in [2.75, 3.05) is 5.32 Å². The number of rotatable bonds is 4. The third-order valence-electron chi connectivity index (χ3n) is 2.74. The first-order valence-corrected chi connectivity index (χ1v) is 5.19. The maximum atomic E-state index is 10.9. The van der Waals surface area contributed by atoms with Crippen LogP contribution in [0.5, 0.6) is 0 Å². The van der Waals surface area contributed by atoms with Crippen molar-refractivity contribution >= 4 is 11.6 Å². The van der Waals surface area contributed by atoms with Gasteiger partial charge in [-0.2, -0.15) is 0 Å². The van der Waals surface area contributed by atoms with E-state index in [0.717, 1.165) is 11.6 Å².